The van der Waals surface area contributed by atoms with E-state index in [-0.39, 0.29) is 11.1 Å². The molecule has 0 amide bonds. The largest absolute Gasteiger partial charge is 0.493 e. The number of aryl methyl sites for hydroxylation is 1. The van der Waals surface area contributed by atoms with Gasteiger partial charge in [-0.05, 0) is 49.2 Å². The molecule has 1 N–H and O–H groups in total. The quantitative estimate of drug-likeness (QED) is 0.341. The average molecular weight is 485 g/mol. The maximum atomic E-state index is 14.3. The lowest BCUT2D eigenvalue weighted by Crippen LogP contribution is -2.07. The van der Waals surface area contributed by atoms with Crippen molar-refractivity contribution in [2.45, 2.75) is 19.9 Å². The summed E-state index contributed by atoms with van der Waals surface area (Å²) in [6.45, 7) is 2.23. The van der Waals surface area contributed by atoms with Gasteiger partial charge in [-0.25, -0.2) is 18.6 Å². The van der Waals surface area contributed by atoms with Crippen molar-refractivity contribution in [3.63, 3.8) is 0 Å². The summed E-state index contributed by atoms with van der Waals surface area (Å²) in [5.41, 5.74) is 3.07. The molecule has 6 nitrogen and oxygen atoms in total. The summed E-state index contributed by atoms with van der Waals surface area (Å²) in [5.74, 6) is -1.17. The molecule has 0 aliphatic carbocycles. The minimum atomic E-state index is -1.04. The van der Waals surface area contributed by atoms with Gasteiger partial charge in [0.1, 0.15) is 16.6 Å². The molecule has 2 aromatic carbocycles. The summed E-state index contributed by atoms with van der Waals surface area (Å²) < 4.78 is 40.1. The van der Waals surface area contributed by atoms with Crippen LogP contribution in [0.1, 0.15) is 21.6 Å². The molecular formula is C25H22F2N2O4S. The Morgan fingerprint density at radius 2 is 1.85 bits per heavy atom. The Bertz CT molecular complexity index is 1360. The molecule has 176 valence electrons. The minimum absolute atomic E-state index is 0.171. The number of thiazole rings is 1. The van der Waals surface area contributed by atoms with Crippen LogP contribution in [-0.4, -0.2) is 34.8 Å². The number of hydrogen-bond donors (Lipinski definition) is 1. The highest BCUT2D eigenvalue weighted by Crippen LogP contribution is 2.33. The number of nitrogens with zero attached hydrogens (tertiary/aromatic N) is 2. The van der Waals surface area contributed by atoms with Gasteiger partial charge in [-0.15, -0.1) is 11.3 Å². The summed E-state index contributed by atoms with van der Waals surface area (Å²) in [6, 6.07) is 10.5. The second-order valence-electron chi connectivity index (χ2n) is 7.59. The molecule has 0 spiro atoms. The highest BCUT2D eigenvalue weighted by molar-refractivity contribution is 7.13. The van der Waals surface area contributed by atoms with E-state index in [1.807, 2.05) is 22.8 Å². The maximum Gasteiger partial charge on any atom is 0.337 e. The van der Waals surface area contributed by atoms with E-state index >= 15 is 0 Å². The summed E-state index contributed by atoms with van der Waals surface area (Å²) in [6.07, 6.45) is 0.603. The average Bonchev–Trinajstić information content (AvgIpc) is 3.42. The summed E-state index contributed by atoms with van der Waals surface area (Å²) >= 11 is 1.21. The van der Waals surface area contributed by atoms with Crippen LogP contribution in [0.25, 0.3) is 22.0 Å². The molecule has 0 aliphatic rings. The lowest BCUT2D eigenvalue weighted by molar-refractivity contribution is 0.0696. The van der Waals surface area contributed by atoms with Gasteiger partial charge in [0.25, 0.3) is 0 Å². The first-order chi connectivity index (χ1) is 16.3. The molecule has 0 unspecified atom stereocenters. The van der Waals surface area contributed by atoms with E-state index in [9.17, 15) is 18.7 Å². The third-order valence-corrected chi connectivity index (χ3v) is 6.47. The molecule has 34 heavy (non-hydrogen) atoms. The zero-order chi connectivity index (χ0) is 24.4. The molecule has 2 aromatic heterocycles. The smallest absolute Gasteiger partial charge is 0.337 e. The summed E-state index contributed by atoms with van der Waals surface area (Å²) in [5, 5.41) is 11.8. The van der Waals surface area contributed by atoms with E-state index in [1.54, 1.807) is 32.6 Å². The van der Waals surface area contributed by atoms with Crippen LogP contribution in [0.2, 0.25) is 0 Å². The molecule has 0 bridgehead atoms. The van der Waals surface area contributed by atoms with Crippen LogP contribution in [0.5, 0.6) is 11.5 Å². The van der Waals surface area contributed by atoms with Gasteiger partial charge in [0.2, 0.25) is 0 Å². The van der Waals surface area contributed by atoms with Gasteiger partial charge in [0, 0.05) is 29.2 Å². The van der Waals surface area contributed by atoms with Gasteiger partial charge >= 0.3 is 5.97 Å². The Morgan fingerprint density at radius 3 is 2.53 bits per heavy atom. The zero-order valence-corrected chi connectivity index (χ0v) is 19.6. The van der Waals surface area contributed by atoms with Gasteiger partial charge in [0.15, 0.2) is 11.5 Å². The molecule has 0 atom stereocenters. The highest BCUT2D eigenvalue weighted by atomic mass is 32.1. The number of rotatable bonds is 8. The van der Waals surface area contributed by atoms with E-state index in [2.05, 4.69) is 4.98 Å². The van der Waals surface area contributed by atoms with E-state index < -0.39 is 17.6 Å². The standard InChI is InChI=1S/C25H22F2N2O4S/c1-14-18(25(30)31)12-21(20-13-34-24(28-20)17-6-5-16(26)11-19(17)27)29(14)9-8-15-4-7-22(32-2)23(10-15)33-3/h4-7,10-13H,8-9H2,1-3H3,(H,30,31). The first-order valence-electron chi connectivity index (χ1n) is 10.4. The molecule has 0 fully saturated rings. The Morgan fingerprint density at radius 1 is 1.09 bits per heavy atom. The van der Waals surface area contributed by atoms with Crippen LogP contribution in [0.3, 0.4) is 0 Å². The van der Waals surface area contributed by atoms with Gasteiger partial charge in [-0.1, -0.05) is 6.07 Å². The van der Waals surface area contributed by atoms with Crippen LogP contribution in [0.15, 0.2) is 47.8 Å². The van der Waals surface area contributed by atoms with Gasteiger partial charge < -0.3 is 19.1 Å². The fourth-order valence-electron chi connectivity index (χ4n) is 3.82. The molecule has 0 saturated heterocycles. The van der Waals surface area contributed by atoms with Gasteiger partial charge in [-0.3, -0.25) is 0 Å². The molecular weight excluding hydrogens is 462 g/mol. The molecule has 4 rings (SSSR count). The number of methoxy groups -OCH3 is 2. The molecule has 9 heteroatoms. The predicted molar refractivity (Wildman–Crippen MR) is 126 cm³/mol. The van der Waals surface area contributed by atoms with E-state index in [1.165, 1.54) is 23.5 Å². The first-order valence-corrected chi connectivity index (χ1v) is 11.3. The van der Waals surface area contributed by atoms with Crippen LogP contribution in [0.4, 0.5) is 8.78 Å². The SMILES string of the molecule is COc1ccc(CCn2c(-c3csc(-c4ccc(F)cc4F)n3)cc(C(=O)O)c2C)cc1OC. The number of ether oxygens (including phenoxy) is 2. The van der Waals surface area contributed by atoms with Gasteiger partial charge in [0.05, 0.1) is 31.2 Å². The van der Waals surface area contributed by atoms with E-state index in [4.69, 9.17) is 9.47 Å². The molecule has 0 saturated carbocycles. The number of aromatic carboxylic acids is 1. The van der Waals surface area contributed by atoms with Gasteiger partial charge in [-0.2, -0.15) is 0 Å². The first kappa shape index (κ1) is 23.4. The van der Waals surface area contributed by atoms with E-state index in [0.29, 0.717) is 46.6 Å². The third-order valence-electron chi connectivity index (χ3n) is 5.60. The predicted octanol–water partition coefficient (Wildman–Crippen LogP) is 5.82. The summed E-state index contributed by atoms with van der Waals surface area (Å²) in [7, 11) is 3.14. The Hall–Kier alpha value is -3.72. The molecule has 4 aromatic rings. The molecule has 0 aliphatic heterocycles. The van der Waals surface area contributed by atoms with Crippen molar-refractivity contribution in [2.75, 3.05) is 14.2 Å². The number of hydrogen-bond acceptors (Lipinski definition) is 5. The monoisotopic (exact) mass is 484 g/mol. The van der Waals surface area contributed by atoms with E-state index in [0.717, 1.165) is 11.6 Å². The number of carbonyl (C=O) groups is 1. The maximum absolute atomic E-state index is 14.3. The Kier molecular flexibility index (Phi) is 6.65. The fraction of sp³-hybridized carbons (Fsp3) is 0.200. The molecule has 0 radical (unpaired) electrons. The van der Waals surface area contributed by atoms with Crippen molar-refractivity contribution in [2.24, 2.45) is 0 Å². The third kappa shape index (κ3) is 4.51. The Balaban J connectivity index is 1.69. The number of carboxylic acids is 1. The Labute approximate surface area is 199 Å². The van der Waals surface area contributed by atoms with Crippen LogP contribution >= 0.6 is 11.3 Å². The van der Waals surface area contributed by atoms with Crippen molar-refractivity contribution in [3.05, 3.63) is 76.3 Å². The van der Waals surface area contributed by atoms with Crippen molar-refractivity contribution in [1.82, 2.24) is 9.55 Å². The topological polar surface area (TPSA) is 73.6 Å². The summed E-state index contributed by atoms with van der Waals surface area (Å²) in [4.78, 5) is 16.3. The fourth-order valence-corrected chi connectivity index (χ4v) is 4.66. The normalized spacial score (nSPS) is 11.0. The van der Waals surface area contributed by atoms with Crippen molar-refractivity contribution in [1.29, 1.82) is 0 Å². The zero-order valence-electron chi connectivity index (χ0n) is 18.8. The lowest BCUT2D eigenvalue weighted by atomic mass is 10.1. The number of aromatic nitrogens is 2. The van der Waals surface area contributed by atoms with Crippen LogP contribution in [0, 0.1) is 18.6 Å². The number of benzene rings is 2. The van der Waals surface area contributed by atoms with Crippen LogP contribution < -0.4 is 9.47 Å². The number of carboxylic acid groups (broad SMARTS) is 1. The van der Waals surface area contributed by atoms with Crippen LogP contribution in [-0.2, 0) is 13.0 Å². The molecule has 2 heterocycles. The van der Waals surface area contributed by atoms with Crippen molar-refractivity contribution < 1.29 is 28.2 Å². The minimum Gasteiger partial charge on any atom is -0.493 e. The second kappa shape index (κ2) is 9.64. The highest BCUT2D eigenvalue weighted by Gasteiger charge is 2.21. The van der Waals surface area contributed by atoms with Crippen molar-refractivity contribution in [3.8, 4) is 33.5 Å². The number of halogens is 2. The van der Waals surface area contributed by atoms with Crippen molar-refractivity contribution >= 4 is 17.3 Å². The second-order valence-corrected chi connectivity index (χ2v) is 8.44. The lowest BCUT2D eigenvalue weighted by Gasteiger charge is -2.13.